The van der Waals surface area contributed by atoms with Crippen molar-refractivity contribution in [2.24, 2.45) is 5.92 Å². The van der Waals surface area contributed by atoms with E-state index in [9.17, 15) is 4.79 Å². The first kappa shape index (κ1) is 20.3. The van der Waals surface area contributed by atoms with Gasteiger partial charge in [-0.3, -0.25) is 9.78 Å². The molecular formula is C22H27N5O3. The van der Waals surface area contributed by atoms with Crippen molar-refractivity contribution in [2.45, 2.75) is 58.3 Å². The molecule has 0 atom stereocenters. The van der Waals surface area contributed by atoms with Crippen LogP contribution in [0.1, 0.15) is 79.1 Å². The summed E-state index contributed by atoms with van der Waals surface area (Å²) in [4.78, 5) is 16.7. The highest BCUT2D eigenvalue weighted by Crippen LogP contribution is 2.36. The number of pyridine rings is 1. The molecule has 0 radical (unpaired) electrons. The normalized spacial score (nSPS) is 19.2. The predicted octanol–water partition coefficient (Wildman–Crippen LogP) is 4.26. The maximum atomic E-state index is 12.7. The highest BCUT2D eigenvalue weighted by Gasteiger charge is 2.28. The molecule has 1 amide bonds. The number of hydrogen-bond acceptors (Lipinski definition) is 7. The van der Waals surface area contributed by atoms with Gasteiger partial charge in [0.2, 0.25) is 11.8 Å². The molecule has 0 spiro atoms. The SMILES string of the molecule is Cc1onc(C(C)C)c1C(=O)NCC1CCC(c2nnc(-c3ccncc3)o2)CC1. The first-order chi connectivity index (χ1) is 14.5. The quantitative estimate of drug-likeness (QED) is 0.648. The molecule has 4 rings (SSSR count). The summed E-state index contributed by atoms with van der Waals surface area (Å²) in [6.45, 7) is 6.45. The third-order valence-corrected chi connectivity index (χ3v) is 5.78. The summed E-state index contributed by atoms with van der Waals surface area (Å²) in [7, 11) is 0. The van der Waals surface area contributed by atoms with Gasteiger partial charge in [0, 0.05) is 30.4 Å². The van der Waals surface area contributed by atoms with Crippen LogP contribution in [0.4, 0.5) is 0 Å². The molecule has 1 aliphatic carbocycles. The lowest BCUT2D eigenvalue weighted by Gasteiger charge is -2.26. The van der Waals surface area contributed by atoms with E-state index in [4.69, 9.17) is 8.94 Å². The molecular weight excluding hydrogens is 382 g/mol. The molecule has 0 aliphatic heterocycles. The van der Waals surface area contributed by atoms with E-state index in [0.29, 0.717) is 35.6 Å². The van der Waals surface area contributed by atoms with Crippen LogP contribution in [-0.4, -0.2) is 32.8 Å². The van der Waals surface area contributed by atoms with E-state index in [0.717, 1.165) is 36.9 Å². The molecule has 8 nitrogen and oxygen atoms in total. The van der Waals surface area contributed by atoms with E-state index in [1.165, 1.54) is 0 Å². The number of nitrogens with zero attached hydrogens (tertiary/aromatic N) is 4. The predicted molar refractivity (Wildman–Crippen MR) is 110 cm³/mol. The molecule has 3 aromatic rings. The first-order valence-corrected chi connectivity index (χ1v) is 10.5. The molecule has 0 aromatic carbocycles. The zero-order valence-electron chi connectivity index (χ0n) is 17.6. The minimum atomic E-state index is -0.0986. The lowest BCUT2D eigenvalue weighted by atomic mass is 9.82. The second kappa shape index (κ2) is 8.77. The Bertz CT molecular complexity index is 987. The van der Waals surface area contributed by atoms with Crippen LogP contribution in [-0.2, 0) is 0 Å². The Hall–Kier alpha value is -3.03. The van der Waals surface area contributed by atoms with E-state index in [1.807, 2.05) is 26.0 Å². The zero-order valence-corrected chi connectivity index (χ0v) is 17.6. The topological polar surface area (TPSA) is 107 Å². The third-order valence-electron chi connectivity index (χ3n) is 5.78. The number of rotatable bonds is 6. The number of carbonyl (C=O) groups is 1. The van der Waals surface area contributed by atoms with Crippen molar-refractivity contribution in [2.75, 3.05) is 6.54 Å². The lowest BCUT2D eigenvalue weighted by molar-refractivity contribution is 0.0939. The smallest absolute Gasteiger partial charge is 0.256 e. The van der Waals surface area contributed by atoms with Gasteiger partial charge in [0.25, 0.3) is 5.91 Å². The van der Waals surface area contributed by atoms with E-state index in [-0.39, 0.29) is 17.7 Å². The molecule has 1 fully saturated rings. The van der Waals surface area contributed by atoms with Crippen LogP contribution in [0.25, 0.3) is 11.5 Å². The number of nitrogens with one attached hydrogen (secondary N) is 1. The Morgan fingerprint density at radius 1 is 1.17 bits per heavy atom. The van der Waals surface area contributed by atoms with Gasteiger partial charge in [-0.1, -0.05) is 19.0 Å². The summed E-state index contributed by atoms with van der Waals surface area (Å²) in [6, 6.07) is 3.72. The molecule has 1 saturated carbocycles. The maximum Gasteiger partial charge on any atom is 0.256 e. The Morgan fingerprint density at radius 3 is 2.60 bits per heavy atom. The van der Waals surface area contributed by atoms with Crippen molar-refractivity contribution >= 4 is 5.91 Å². The van der Waals surface area contributed by atoms with Gasteiger partial charge in [-0.2, -0.15) is 0 Å². The molecule has 8 heteroatoms. The van der Waals surface area contributed by atoms with Crippen LogP contribution < -0.4 is 5.32 Å². The molecule has 3 aromatic heterocycles. The minimum absolute atomic E-state index is 0.0986. The third kappa shape index (κ3) is 4.27. The van der Waals surface area contributed by atoms with Crippen LogP contribution in [0, 0.1) is 12.8 Å². The molecule has 0 bridgehead atoms. The average molecular weight is 409 g/mol. The van der Waals surface area contributed by atoms with Crippen LogP contribution in [0.15, 0.2) is 33.5 Å². The zero-order chi connectivity index (χ0) is 21.1. The van der Waals surface area contributed by atoms with Gasteiger partial charge < -0.3 is 14.3 Å². The summed E-state index contributed by atoms with van der Waals surface area (Å²) < 4.78 is 11.1. The molecule has 1 aliphatic rings. The molecule has 158 valence electrons. The van der Waals surface area contributed by atoms with Crippen molar-refractivity contribution in [1.29, 1.82) is 0 Å². The van der Waals surface area contributed by atoms with Crippen LogP contribution in [0.3, 0.4) is 0 Å². The van der Waals surface area contributed by atoms with Crippen LogP contribution in [0.2, 0.25) is 0 Å². The second-order valence-corrected chi connectivity index (χ2v) is 8.26. The van der Waals surface area contributed by atoms with Crippen molar-refractivity contribution < 1.29 is 13.7 Å². The van der Waals surface area contributed by atoms with Crippen molar-refractivity contribution in [3.05, 3.63) is 47.4 Å². The number of carbonyl (C=O) groups excluding carboxylic acids is 1. The number of amides is 1. The summed E-state index contributed by atoms with van der Waals surface area (Å²) >= 11 is 0. The minimum Gasteiger partial charge on any atom is -0.420 e. The molecule has 3 heterocycles. The fourth-order valence-electron chi connectivity index (χ4n) is 4.01. The van der Waals surface area contributed by atoms with E-state index < -0.39 is 0 Å². The number of hydrogen-bond donors (Lipinski definition) is 1. The number of aromatic nitrogens is 4. The van der Waals surface area contributed by atoms with Gasteiger partial charge in [-0.15, -0.1) is 10.2 Å². The maximum absolute atomic E-state index is 12.7. The monoisotopic (exact) mass is 409 g/mol. The van der Waals surface area contributed by atoms with Gasteiger partial charge in [0.15, 0.2) is 0 Å². The largest absolute Gasteiger partial charge is 0.420 e. The van der Waals surface area contributed by atoms with Crippen molar-refractivity contribution in [3.8, 4) is 11.5 Å². The van der Waals surface area contributed by atoms with Gasteiger partial charge in [0.1, 0.15) is 11.3 Å². The summed E-state index contributed by atoms with van der Waals surface area (Å²) in [6.07, 6.45) is 7.40. The van der Waals surface area contributed by atoms with Crippen LogP contribution >= 0.6 is 0 Å². The fourth-order valence-corrected chi connectivity index (χ4v) is 4.01. The van der Waals surface area contributed by atoms with Gasteiger partial charge in [0.05, 0.1) is 5.69 Å². The van der Waals surface area contributed by atoms with E-state index in [2.05, 4.69) is 25.7 Å². The highest BCUT2D eigenvalue weighted by molar-refractivity contribution is 5.96. The molecule has 30 heavy (non-hydrogen) atoms. The molecule has 0 saturated heterocycles. The number of aryl methyl sites for hydroxylation is 1. The van der Waals surface area contributed by atoms with Gasteiger partial charge >= 0.3 is 0 Å². The summed E-state index contributed by atoms with van der Waals surface area (Å²) in [5.41, 5.74) is 2.17. The van der Waals surface area contributed by atoms with E-state index in [1.54, 1.807) is 19.3 Å². The van der Waals surface area contributed by atoms with E-state index >= 15 is 0 Å². The summed E-state index contributed by atoms with van der Waals surface area (Å²) in [5.74, 6) is 2.56. The Kier molecular flexibility index (Phi) is 5.92. The molecule has 0 unspecified atom stereocenters. The Labute approximate surface area is 175 Å². The Morgan fingerprint density at radius 2 is 1.90 bits per heavy atom. The fraction of sp³-hybridized carbons (Fsp3) is 0.500. The lowest BCUT2D eigenvalue weighted by Crippen LogP contribution is -2.32. The summed E-state index contributed by atoms with van der Waals surface area (Å²) in [5, 5.41) is 15.6. The van der Waals surface area contributed by atoms with Gasteiger partial charge in [-0.05, 0) is 56.6 Å². The second-order valence-electron chi connectivity index (χ2n) is 8.26. The van der Waals surface area contributed by atoms with Crippen LogP contribution in [0.5, 0.6) is 0 Å². The van der Waals surface area contributed by atoms with Gasteiger partial charge in [-0.25, -0.2) is 0 Å². The highest BCUT2D eigenvalue weighted by atomic mass is 16.5. The van der Waals surface area contributed by atoms with Crippen molar-refractivity contribution in [3.63, 3.8) is 0 Å². The molecule has 1 N–H and O–H groups in total. The first-order valence-electron chi connectivity index (χ1n) is 10.5. The standard InChI is InChI=1S/C22H27N5O3/c1-13(2)19-18(14(3)30-27-19)20(28)24-12-15-4-6-16(7-5-15)21-25-26-22(29-21)17-8-10-23-11-9-17/h8-11,13,15-16H,4-7,12H2,1-3H3,(H,24,28). The van der Waals surface area contributed by atoms with Crippen molar-refractivity contribution in [1.82, 2.24) is 25.7 Å². The average Bonchev–Trinajstić information content (AvgIpc) is 3.40. The Balaban J connectivity index is 1.30.